The highest BCUT2D eigenvalue weighted by Gasteiger charge is 2.32. The van der Waals surface area contributed by atoms with E-state index in [1.165, 1.54) is 23.5 Å². The van der Waals surface area contributed by atoms with Crippen LogP contribution in [0, 0.1) is 25.5 Å². The van der Waals surface area contributed by atoms with Crippen LogP contribution in [0.25, 0.3) is 21.3 Å². The summed E-state index contributed by atoms with van der Waals surface area (Å²) in [5, 5.41) is 11.7. The molecule has 1 aliphatic carbocycles. The molecule has 0 unspecified atom stereocenters. The number of carbonyl (C=O) groups is 1. The number of rotatable bonds is 7. The highest BCUT2D eigenvalue weighted by atomic mass is 35.5. The lowest BCUT2D eigenvalue weighted by Gasteiger charge is -2.32. The van der Waals surface area contributed by atoms with Gasteiger partial charge in [-0.25, -0.2) is 18.6 Å². The summed E-state index contributed by atoms with van der Waals surface area (Å²) in [6, 6.07) is 9.76. The van der Waals surface area contributed by atoms with Crippen molar-refractivity contribution in [3.05, 3.63) is 108 Å². The van der Waals surface area contributed by atoms with Gasteiger partial charge in [0.05, 0.1) is 28.0 Å². The third-order valence-corrected chi connectivity index (χ3v) is 10.1. The Balaban J connectivity index is 1.12. The van der Waals surface area contributed by atoms with Gasteiger partial charge < -0.3 is 9.84 Å². The first-order valence-corrected chi connectivity index (χ1v) is 16.2. The van der Waals surface area contributed by atoms with E-state index in [9.17, 15) is 23.5 Å². The van der Waals surface area contributed by atoms with Gasteiger partial charge in [0.25, 0.3) is 5.56 Å². The summed E-state index contributed by atoms with van der Waals surface area (Å²) >= 11 is 7.70. The maximum atomic E-state index is 13.8. The molecule has 12 heteroatoms. The lowest BCUT2D eigenvalue weighted by Crippen LogP contribution is -2.41. The van der Waals surface area contributed by atoms with Gasteiger partial charge in [-0.05, 0) is 80.6 Å². The highest BCUT2D eigenvalue weighted by Crippen LogP contribution is 2.40. The van der Waals surface area contributed by atoms with Crippen molar-refractivity contribution in [1.29, 1.82) is 0 Å². The number of carboxylic acid groups (broad SMARTS) is 1. The van der Waals surface area contributed by atoms with Gasteiger partial charge in [0.2, 0.25) is 0 Å². The number of thiophene rings is 1. The second kappa shape index (κ2) is 11.9. The standard InChI is InChI=1S/C34H29ClF2N4O4S/c1-17-9-24(32-31(38-17)26(16-46-32)34(43)44)23-12-21(35)3-6-30(23)45-8-7-41-18(2)39-29-5-4-22(13-25(29)33(41)42)40-14-19-10-27(36)28(37)11-20(19)15-40/h3,6,9-12,16,22H,4-5,7-8,13-15H2,1-2H3,(H,43,44)/t22-/m0/s1. The third-order valence-electron chi connectivity index (χ3n) is 8.88. The first-order valence-electron chi connectivity index (χ1n) is 14.9. The molecule has 0 saturated carbocycles. The molecule has 1 N–H and O–H groups in total. The second-order valence-electron chi connectivity index (χ2n) is 11.8. The van der Waals surface area contributed by atoms with E-state index in [0.29, 0.717) is 69.6 Å². The summed E-state index contributed by atoms with van der Waals surface area (Å²) in [6.07, 6.45) is 1.98. The van der Waals surface area contributed by atoms with Crippen LogP contribution in [-0.4, -0.2) is 43.2 Å². The molecule has 0 amide bonds. The van der Waals surface area contributed by atoms with Crippen LogP contribution in [0.2, 0.25) is 5.02 Å². The predicted molar refractivity (Wildman–Crippen MR) is 172 cm³/mol. The van der Waals surface area contributed by atoms with Crippen molar-refractivity contribution in [3.8, 4) is 16.9 Å². The van der Waals surface area contributed by atoms with Gasteiger partial charge >= 0.3 is 5.97 Å². The topological polar surface area (TPSA) is 97.6 Å². The Morgan fingerprint density at radius 1 is 1.09 bits per heavy atom. The number of halogens is 3. The molecule has 7 rings (SSSR count). The number of nitrogens with zero attached hydrogens (tertiary/aromatic N) is 4. The zero-order chi connectivity index (χ0) is 32.3. The zero-order valence-electron chi connectivity index (χ0n) is 25.1. The molecule has 1 atom stereocenters. The molecular formula is C34H29ClF2N4O4S. The lowest BCUT2D eigenvalue weighted by molar-refractivity contribution is 0.0699. The van der Waals surface area contributed by atoms with E-state index in [1.807, 2.05) is 19.9 Å². The molecule has 2 aliphatic rings. The fraction of sp³-hybridized carbons (Fsp3) is 0.294. The number of hydrogen-bond acceptors (Lipinski definition) is 7. The van der Waals surface area contributed by atoms with Crippen LogP contribution in [0.4, 0.5) is 8.78 Å². The summed E-state index contributed by atoms with van der Waals surface area (Å²) in [5.41, 5.74) is 5.62. The zero-order valence-corrected chi connectivity index (χ0v) is 26.6. The summed E-state index contributed by atoms with van der Waals surface area (Å²) in [5.74, 6) is -1.58. The minimum absolute atomic E-state index is 0.0594. The van der Waals surface area contributed by atoms with Crippen LogP contribution < -0.4 is 10.3 Å². The lowest BCUT2D eigenvalue weighted by atomic mass is 9.91. The van der Waals surface area contributed by atoms with Gasteiger partial charge in [0, 0.05) is 51.9 Å². The number of hydrogen-bond donors (Lipinski definition) is 1. The van der Waals surface area contributed by atoms with E-state index in [4.69, 9.17) is 21.3 Å². The van der Waals surface area contributed by atoms with Gasteiger partial charge in [-0.15, -0.1) is 11.3 Å². The molecule has 0 spiro atoms. The van der Waals surface area contributed by atoms with Crippen LogP contribution in [0.15, 0.2) is 46.6 Å². The molecule has 0 radical (unpaired) electrons. The smallest absolute Gasteiger partial charge is 0.338 e. The van der Waals surface area contributed by atoms with Crippen molar-refractivity contribution in [2.24, 2.45) is 0 Å². The Morgan fingerprint density at radius 3 is 2.54 bits per heavy atom. The quantitative estimate of drug-likeness (QED) is 0.207. The van der Waals surface area contributed by atoms with E-state index >= 15 is 0 Å². The number of pyridine rings is 1. The van der Waals surface area contributed by atoms with Crippen LogP contribution in [0.1, 0.15) is 50.7 Å². The molecule has 1 aliphatic heterocycles. The SMILES string of the molecule is Cc1cc(-c2cc(Cl)ccc2OCCn2c(C)nc3c(c2=O)C[C@@H](N2Cc4cc(F)c(F)cc4C2)CC3)c2scc(C(=O)O)c2n1. The highest BCUT2D eigenvalue weighted by molar-refractivity contribution is 7.18. The first-order chi connectivity index (χ1) is 22.1. The van der Waals surface area contributed by atoms with Crippen LogP contribution in [0.3, 0.4) is 0 Å². The Kier molecular flexibility index (Phi) is 7.86. The Hall–Kier alpha value is -4.19. The summed E-state index contributed by atoms with van der Waals surface area (Å²) in [6.45, 7) is 5.10. The number of aromatic carboxylic acids is 1. The number of ether oxygens (including phenoxy) is 1. The van der Waals surface area contributed by atoms with Crippen LogP contribution >= 0.6 is 22.9 Å². The summed E-state index contributed by atoms with van der Waals surface area (Å²) in [7, 11) is 0. The van der Waals surface area contributed by atoms with Crippen molar-refractivity contribution in [1.82, 2.24) is 19.4 Å². The van der Waals surface area contributed by atoms with Gasteiger partial charge in [-0.1, -0.05) is 11.6 Å². The minimum Gasteiger partial charge on any atom is -0.491 e. The molecule has 3 aromatic heterocycles. The number of benzene rings is 2. The van der Waals surface area contributed by atoms with Gasteiger partial charge in [-0.3, -0.25) is 19.2 Å². The minimum atomic E-state index is -1.04. The maximum absolute atomic E-state index is 13.8. The summed E-state index contributed by atoms with van der Waals surface area (Å²) in [4.78, 5) is 37.0. The van der Waals surface area contributed by atoms with Crippen molar-refractivity contribution in [2.75, 3.05) is 6.61 Å². The van der Waals surface area contributed by atoms with Crippen molar-refractivity contribution >= 4 is 39.1 Å². The van der Waals surface area contributed by atoms with Gasteiger partial charge in [0.15, 0.2) is 11.6 Å². The average Bonchev–Trinajstić information content (AvgIpc) is 3.63. The largest absolute Gasteiger partial charge is 0.491 e. The van der Waals surface area contributed by atoms with E-state index in [0.717, 1.165) is 28.8 Å². The fourth-order valence-electron chi connectivity index (χ4n) is 6.63. The Labute approximate surface area is 271 Å². The molecule has 8 nitrogen and oxygen atoms in total. The monoisotopic (exact) mass is 662 g/mol. The molecule has 0 fully saturated rings. The molecule has 4 heterocycles. The van der Waals surface area contributed by atoms with E-state index < -0.39 is 17.6 Å². The first kappa shape index (κ1) is 30.5. The molecule has 2 aromatic carbocycles. The molecule has 46 heavy (non-hydrogen) atoms. The third kappa shape index (κ3) is 5.46. The molecule has 5 aromatic rings. The number of fused-ring (bicyclic) bond motifs is 3. The van der Waals surface area contributed by atoms with Crippen LogP contribution in [-0.2, 0) is 32.5 Å². The van der Waals surface area contributed by atoms with E-state index in [1.54, 1.807) is 28.1 Å². The van der Waals surface area contributed by atoms with Crippen LogP contribution in [0.5, 0.6) is 5.75 Å². The van der Waals surface area contributed by atoms with Crippen molar-refractivity contribution in [2.45, 2.75) is 58.8 Å². The summed E-state index contributed by atoms with van der Waals surface area (Å²) < 4.78 is 36.3. The molecule has 0 saturated heterocycles. The van der Waals surface area contributed by atoms with E-state index in [2.05, 4.69) is 9.88 Å². The fourth-order valence-corrected chi connectivity index (χ4v) is 7.82. The normalized spacial score (nSPS) is 16.1. The molecule has 0 bridgehead atoms. The predicted octanol–water partition coefficient (Wildman–Crippen LogP) is 6.72. The maximum Gasteiger partial charge on any atom is 0.338 e. The average molecular weight is 663 g/mol. The Morgan fingerprint density at radius 2 is 1.83 bits per heavy atom. The Bertz CT molecular complexity index is 2080. The van der Waals surface area contributed by atoms with E-state index in [-0.39, 0.29) is 30.3 Å². The van der Waals surface area contributed by atoms with Gasteiger partial charge in [0.1, 0.15) is 18.2 Å². The second-order valence-corrected chi connectivity index (χ2v) is 13.1. The number of carboxylic acids is 1. The molecule has 236 valence electrons. The van der Waals surface area contributed by atoms with Crippen molar-refractivity contribution in [3.63, 3.8) is 0 Å². The van der Waals surface area contributed by atoms with Gasteiger partial charge in [-0.2, -0.15) is 0 Å². The van der Waals surface area contributed by atoms with Crippen molar-refractivity contribution < 1.29 is 23.4 Å². The molecular weight excluding hydrogens is 634 g/mol. The number of aryl methyl sites for hydroxylation is 3. The number of aromatic nitrogens is 3.